The van der Waals surface area contributed by atoms with Crippen LogP contribution in [0.15, 0.2) is 5.38 Å². The van der Waals surface area contributed by atoms with E-state index in [1.807, 2.05) is 12.3 Å². The second kappa shape index (κ2) is 6.37. The van der Waals surface area contributed by atoms with Crippen molar-refractivity contribution in [1.82, 2.24) is 4.98 Å². The number of hydrogen-bond donors (Lipinski definition) is 1. The number of aromatic nitrogens is 1. The molecule has 19 heavy (non-hydrogen) atoms. The number of nitrogens with one attached hydrogen (secondary N) is 1. The average molecular weight is 282 g/mol. The summed E-state index contributed by atoms with van der Waals surface area (Å²) in [5.74, 6) is -0.205. The summed E-state index contributed by atoms with van der Waals surface area (Å²) in [7, 11) is 0. The molecule has 106 valence electrons. The van der Waals surface area contributed by atoms with Crippen LogP contribution in [-0.4, -0.2) is 24.1 Å². The topological polar surface area (TPSA) is 51.2 Å². The molecular weight excluding hydrogens is 260 g/mol. The molecule has 1 aromatic heterocycles. The van der Waals surface area contributed by atoms with Crippen LogP contribution in [0, 0.1) is 5.41 Å². The molecule has 1 aliphatic carbocycles. The number of nitrogens with zero attached hydrogens (tertiary/aromatic N) is 1. The maximum atomic E-state index is 11.4. The third-order valence-corrected chi connectivity index (χ3v) is 4.81. The highest BCUT2D eigenvalue weighted by Gasteiger charge is 2.34. The number of esters is 1. The summed E-state index contributed by atoms with van der Waals surface area (Å²) in [6.07, 6.45) is 5.47. The van der Waals surface area contributed by atoms with Crippen LogP contribution in [0.25, 0.3) is 0 Å². The normalized spacial score (nSPS) is 16.7. The first kappa shape index (κ1) is 14.3. The summed E-state index contributed by atoms with van der Waals surface area (Å²) in [6.45, 7) is 5.49. The van der Waals surface area contributed by atoms with Crippen LogP contribution in [-0.2, 0) is 16.0 Å². The van der Waals surface area contributed by atoms with Crippen molar-refractivity contribution in [2.75, 3.05) is 18.5 Å². The van der Waals surface area contributed by atoms with Crippen LogP contribution in [0.3, 0.4) is 0 Å². The Balaban J connectivity index is 1.82. The van der Waals surface area contributed by atoms with Gasteiger partial charge in [-0.3, -0.25) is 4.79 Å². The van der Waals surface area contributed by atoms with Gasteiger partial charge in [0.15, 0.2) is 5.13 Å². The Morgan fingerprint density at radius 3 is 2.89 bits per heavy atom. The first-order valence-corrected chi connectivity index (χ1v) is 7.89. The van der Waals surface area contributed by atoms with E-state index in [0.717, 1.165) is 17.4 Å². The summed E-state index contributed by atoms with van der Waals surface area (Å²) in [6, 6.07) is 0. The molecular formula is C14H22N2O2S. The first-order chi connectivity index (χ1) is 9.17. The van der Waals surface area contributed by atoms with Crippen LogP contribution in [0.5, 0.6) is 0 Å². The van der Waals surface area contributed by atoms with Crippen LogP contribution in [0.2, 0.25) is 0 Å². The molecule has 1 heterocycles. The number of hydrogen-bond acceptors (Lipinski definition) is 5. The number of carbonyl (C=O) groups excluding carboxylic acids is 1. The van der Waals surface area contributed by atoms with Crippen LogP contribution in [0.1, 0.15) is 45.2 Å². The third kappa shape index (κ3) is 3.69. The molecule has 0 amide bonds. The van der Waals surface area contributed by atoms with Gasteiger partial charge in [-0.05, 0) is 31.6 Å². The Labute approximate surface area is 118 Å². The second-order valence-corrected chi connectivity index (χ2v) is 6.04. The lowest BCUT2D eigenvalue weighted by Crippen LogP contribution is -2.35. The van der Waals surface area contributed by atoms with Crippen LogP contribution in [0.4, 0.5) is 5.13 Å². The predicted octanol–water partition coefficient (Wildman–Crippen LogP) is 3.24. The zero-order valence-electron chi connectivity index (χ0n) is 11.7. The van der Waals surface area contributed by atoms with Crippen molar-refractivity contribution in [3.8, 4) is 0 Å². The van der Waals surface area contributed by atoms with Crippen LogP contribution < -0.4 is 5.32 Å². The Morgan fingerprint density at radius 2 is 2.32 bits per heavy atom. The van der Waals surface area contributed by atoms with Gasteiger partial charge in [-0.1, -0.05) is 13.3 Å². The van der Waals surface area contributed by atoms with E-state index in [1.54, 1.807) is 11.3 Å². The van der Waals surface area contributed by atoms with Gasteiger partial charge in [0, 0.05) is 11.9 Å². The van der Waals surface area contributed by atoms with Crippen molar-refractivity contribution in [1.29, 1.82) is 0 Å². The first-order valence-electron chi connectivity index (χ1n) is 7.01. The van der Waals surface area contributed by atoms with E-state index in [1.165, 1.54) is 25.7 Å². The van der Waals surface area contributed by atoms with E-state index >= 15 is 0 Å². The monoisotopic (exact) mass is 282 g/mol. The fraction of sp³-hybridized carbons (Fsp3) is 0.714. The van der Waals surface area contributed by atoms with E-state index < -0.39 is 0 Å². The molecule has 0 saturated heterocycles. The van der Waals surface area contributed by atoms with Crippen molar-refractivity contribution in [3.05, 3.63) is 11.1 Å². The molecule has 1 fully saturated rings. The molecule has 0 aromatic carbocycles. The van der Waals surface area contributed by atoms with Crippen molar-refractivity contribution in [2.24, 2.45) is 5.41 Å². The smallest absolute Gasteiger partial charge is 0.311 e. The molecule has 1 saturated carbocycles. The summed E-state index contributed by atoms with van der Waals surface area (Å²) in [5.41, 5.74) is 1.28. The van der Waals surface area contributed by atoms with Gasteiger partial charge in [0.25, 0.3) is 0 Å². The Bertz CT molecular complexity index is 421. The van der Waals surface area contributed by atoms with Crippen molar-refractivity contribution >= 4 is 22.4 Å². The minimum Gasteiger partial charge on any atom is -0.466 e. The fourth-order valence-corrected chi connectivity index (χ4v) is 3.13. The van der Waals surface area contributed by atoms with Crippen LogP contribution >= 0.6 is 11.3 Å². The largest absolute Gasteiger partial charge is 0.466 e. The van der Waals surface area contributed by atoms with E-state index in [9.17, 15) is 4.79 Å². The SMILES string of the molecule is CCOC(=O)Cc1csc(NCC2(CC)CCC2)n1. The molecule has 4 nitrogen and oxygen atoms in total. The van der Waals surface area contributed by atoms with Gasteiger partial charge in [0.1, 0.15) is 0 Å². The highest BCUT2D eigenvalue weighted by atomic mass is 32.1. The highest BCUT2D eigenvalue weighted by Crippen LogP contribution is 2.43. The number of rotatable bonds is 7. The van der Waals surface area contributed by atoms with Gasteiger partial charge < -0.3 is 10.1 Å². The van der Waals surface area contributed by atoms with E-state index in [2.05, 4.69) is 17.2 Å². The number of thiazole rings is 1. The molecule has 0 spiro atoms. The van der Waals surface area contributed by atoms with E-state index in [0.29, 0.717) is 12.0 Å². The third-order valence-electron chi connectivity index (χ3n) is 3.96. The summed E-state index contributed by atoms with van der Waals surface area (Å²) < 4.78 is 4.92. The molecule has 5 heteroatoms. The van der Waals surface area contributed by atoms with E-state index in [4.69, 9.17) is 4.74 Å². The van der Waals surface area contributed by atoms with E-state index in [-0.39, 0.29) is 12.4 Å². The standard InChI is InChI=1S/C14H22N2O2S/c1-3-14(6-5-7-14)10-15-13-16-11(9-19-13)8-12(17)18-4-2/h9H,3-8,10H2,1-2H3,(H,15,16). The number of ether oxygens (including phenoxy) is 1. The maximum absolute atomic E-state index is 11.4. The molecule has 0 unspecified atom stereocenters. The summed E-state index contributed by atoms with van der Waals surface area (Å²) in [4.78, 5) is 15.8. The fourth-order valence-electron chi connectivity index (χ4n) is 2.42. The quantitative estimate of drug-likeness (QED) is 0.780. The second-order valence-electron chi connectivity index (χ2n) is 5.19. The van der Waals surface area contributed by atoms with Gasteiger partial charge in [0.2, 0.25) is 0 Å². The summed E-state index contributed by atoms with van der Waals surface area (Å²) in [5, 5.41) is 6.26. The Hall–Kier alpha value is -1.10. The molecule has 1 N–H and O–H groups in total. The van der Waals surface area contributed by atoms with Crippen molar-refractivity contribution in [3.63, 3.8) is 0 Å². The average Bonchev–Trinajstić information content (AvgIpc) is 2.76. The Kier molecular flexibility index (Phi) is 4.80. The molecule has 1 aromatic rings. The maximum Gasteiger partial charge on any atom is 0.311 e. The molecule has 0 bridgehead atoms. The number of carbonyl (C=O) groups is 1. The highest BCUT2D eigenvalue weighted by molar-refractivity contribution is 7.13. The lowest BCUT2D eigenvalue weighted by Gasteiger charge is -2.41. The van der Waals surface area contributed by atoms with Gasteiger partial charge in [0.05, 0.1) is 18.7 Å². The van der Waals surface area contributed by atoms with Gasteiger partial charge in [-0.25, -0.2) is 4.98 Å². The lowest BCUT2D eigenvalue weighted by atomic mass is 9.67. The van der Waals surface area contributed by atoms with Gasteiger partial charge in [-0.15, -0.1) is 11.3 Å². The minimum atomic E-state index is -0.205. The summed E-state index contributed by atoms with van der Waals surface area (Å²) >= 11 is 1.57. The Morgan fingerprint density at radius 1 is 1.53 bits per heavy atom. The van der Waals surface area contributed by atoms with Crippen molar-refractivity contribution < 1.29 is 9.53 Å². The molecule has 2 rings (SSSR count). The lowest BCUT2D eigenvalue weighted by molar-refractivity contribution is -0.142. The molecule has 0 radical (unpaired) electrons. The van der Waals surface area contributed by atoms with Crippen molar-refractivity contribution in [2.45, 2.75) is 46.0 Å². The molecule has 1 aliphatic rings. The zero-order valence-corrected chi connectivity index (χ0v) is 12.5. The zero-order chi connectivity index (χ0) is 13.7. The van der Waals surface area contributed by atoms with Gasteiger partial charge >= 0.3 is 5.97 Å². The molecule has 0 atom stereocenters. The minimum absolute atomic E-state index is 0.205. The number of anilines is 1. The van der Waals surface area contributed by atoms with Gasteiger partial charge in [-0.2, -0.15) is 0 Å². The molecule has 0 aliphatic heterocycles. The predicted molar refractivity (Wildman–Crippen MR) is 77.5 cm³/mol.